The molecule has 0 aromatic carbocycles. The minimum Gasteiger partial charge on any atom is -0.384 e. The van der Waals surface area contributed by atoms with Crippen LogP contribution in [0.2, 0.25) is 0 Å². The van der Waals surface area contributed by atoms with Gasteiger partial charge >= 0.3 is 0 Å². The van der Waals surface area contributed by atoms with E-state index in [2.05, 4.69) is 15.3 Å². The molecule has 4 nitrogen and oxygen atoms in total. The fourth-order valence-corrected chi connectivity index (χ4v) is 1.83. The molecule has 76 valence electrons. The highest BCUT2D eigenvalue weighted by Crippen LogP contribution is 2.10. The molecule has 3 N–H and O–H groups in total. The standard InChI is InChI=1S/C10H16N4/c11-9-4-6-13-10(14-9)7-8-3-1-2-5-12-8/h4,6,8,12H,1-3,5,7H2,(H2,11,13,14). The second kappa shape index (κ2) is 4.37. The van der Waals surface area contributed by atoms with Gasteiger partial charge in [0, 0.05) is 18.7 Å². The monoisotopic (exact) mass is 192 g/mol. The Morgan fingerprint density at radius 3 is 3.14 bits per heavy atom. The molecule has 0 amide bonds. The molecular formula is C10H16N4. The van der Waals surface area contributed by atoms with E-state index in [1.807, 2.05) is 0 Å². The van der Waals surface area contributed by atoms with Crippen LogP contribution in [0.5, 0.6) is 0 Å². The zero-order chi connectivity index (χ0) is 9.80. The van der Waals surface area contributed by atoms with Gasteiger partial charge in [-0.05, 0) is 25.5 Å². The third-order valence-corrected chi connectivity index (χ3v) is 2.57. The zero-order valence-corrected chi connectivity index (χ0v) is 8.24. The van der Waals surface area contributed by atoms with Crippen molar-refractivity contribution in [2.75, 3.05) is 12.3 Å². The van der Waals surface area contributed by atoms with Crippen LogP contribution < -0.4 is 11.1 Å². The third kappa shape index (κ3) is 2.42. The van der Waals surface area contributed by atoms with Crippen LogP contribution in [0.25, 0.3) is 0 Å². The van der Waals surface area contributed by atoms with Gasteiger partial charge in [0.2, 0.25) is 0 Å². The first kappa shape index (κ1) is 9.40. The molecule has 1 atom stereocenters. The summed E-state index contributed by atoms with van der Waals surface area (Å²) in [4.78, 5) is 8.40. The van der Waals surface area contributed by atoms with Crippen molar-refractivity contribution in [2.45, 2.75) is 31.7 Å². The van der Waals surface area contributed by atoms with Crippen LogP contribution >= 0.6 is 0 Å². The molecule has 0 aliphatic carbocycles. The van der Waals surface area contributed by atoms with E-state index in [9.17, 15) is 0 Å². The summed E-state index contributed by atoms with van der Waals surface area (Å²) in [5, 5.41) is 3.47. The van der Waals surface area contributed by atoms with Gasteiger partial charge < -0.3 is 11.1 Å². The van der Waals surface area contributed by atoms with E-state index >= 15 is 0 Å². The quantitative estimate of drug-likeness (QED) is 0.725. The SMILES string of the molecule is Nc1ccnc(CC2CCCCN2)n1. The minimum absolute atomic E-state index is 0.533. The molecular weight excluding hydrogens is 176 g/mol. The molecule has 1 aliphatic rings. The van der Waals surface area contributed by atoms with Gasteiger partial charge in [-0.1, -0.05) is 6.42 Å². The van der Waals surface area contributed by atoms with Gasteiger partial charge in [-0.2, -0.15) is 0 Å². The van der Waals surface area contributed by atoms with E-state index in [4.69, 9.17) is 5.73 Å². The van der Waals surface area contributed by atoms with E-state index in [-0.39, 0.29) is 0 Å². The molecule has 4 heteroatoms. The number of nitrogens with one attached hydrogen (secondary N) is 1. The Balaban J connectivity index is 1.95. The molecule has 1 saturated heterocycles. The molecule has 2 rings (SSSR count). The molecule has 2 heterocycles. The van der Waals surface area contributed by atoms with E-state index in [0.29, 0.717) is 11.9 Å². The lowest BCUT2D eigenvalue weighted by molar-refractivity contribution is 0.394. The van der Waals surface area contributed by atoms with Crippen molar-refractivity contribution in [3.8, 4) is 0 Å². The Kier molecular flexibility index (Phi) is 2.93. The number of aromatic nitrogens is 2. The van der Waals surface area contributed by atoms with Gasteiger partial charge in [0.15, 0.2) is 0 Å². The lowest BCUT2D eigenvalue weighted by Crippen LogP contribution is -2.36. The van der Waals surface area contributed by atoms with Crippen molar-refractivity contribution < 1.29 is 0 Å². The normalized spacial score (nSPS) is 22.1. The second-order valence-corrected chi connectivity index (χ2v) is 3.75. The number of nitrogens with two attached hydrogens (primary N) is 1. The average Bonchev–Trinajstić information content (AvgIpc) is 2.19. The van der Waals surface area contributed by atoms with Crippen LogP contribution in [0, 0.1) is 0 Å². The molecule has 0 radical (unpaired) electrons. The van der Waals surface area contributed by atoms with Crippen molar-refractivity contribution in [3.05, 3.63) is 18.1 Å². The van der Waals surface area contributed by atoms with Gasteiger partial charge in [0.25, 0.3) is 0 Å². The third-order valence-electron chi connectivity index (χ3n) is 2.57. The largest absolute Gasteiger partial charge is 0.384 e. The fourth-order valence-electron chi connectivity index (χ4n) is 1.83. The van der Waals surface area contributed by atoms with Crippen LogP contribution in [-0.4, -0.2) is 22.6 Å². The predicted molar refractivity (Wildman–Crippen MR) is 55.8 cm³/mol. The van der Waals surface area contributed by atoms with Crippen LogP contribution in [-0.2, 0) is 6.42 Å². The van der Waals surface area contributed by atoms with Gasteiger partial charge in [-0.15, -0.1) is 0 Å². The first-order valence-electron chi connectivity index (χ1n) is 5.15. The van der Waals surface area contributed by atoms with Crippen molar-refractivity contribution in [1.29, 1.82) is 0 Å². The molecule has 1 aromatic heterocycles. The Bertz CT molecular complexity index is 294. The maximum atomic E-state index is 5.59. The average molecular weight is 192 g/mol. The van der Waals surface area contributed by atoms with E-state index < -0.39 is 0 Å². The van der Waals surface area contributed by atoms with E-state index in [1.54, 1.807) is 12.3 Å². The fraction of sp³-hybridized carbons (Fsp3) is 0.600. The van der Waals surface area contributed by atoms with E-state index in [0.717, 1.165) is 18.8 Å². The molecule has 0 spiro atoms. The number of rotatable bonds is 2. The lowest BCUT2D eigenvalue weighted by atomic mass is 10.0. The summed E-state index contributed by atoms with van der Waals surface area (Å²) in [5.41, 5.74) is 5.59. The highest BCUT2D eigenvalue weighted by Gasteiger charge is 2.14. The summed E-state index contributed by atoms with van der Waals surface area (Å²) < 4.78 is 0. The summed E-state index contributed by atoms with van der Waals surface area (Å²) in [5.74, 6) is 1.41. The molecule has 1 unspecified atom stereocenters. The Labute approximate surface area is 83.9 Å². The molecule has 1 aliphatic heterocycles. The van der Waals surface area contributed by atoms with Crippen molar-refractivity contribution >= 4 is 5.82 Å². The molecule has 1 aromatic rings. The number of hydrogen-bond donors (Lipinski definition) is 2. The summed E-state index contributed by atoms with van der Waals surface area (Å²) in [7, 11) is 0. The lowest BCUT2D eigenvalue weighted by Gasteiger charge is -2.22. The number of nitrogens with zero attached hydrogens (tertiary/aromatic N) is 2. The zero-order valence-electron chi connectivity index (χ0n) is 8.24. The Hall–Kier alpha value is -1.16. The van der Waals surface area contributed by atoms with Crippen molar-refractivity contribution in [2.24, 2.45) is 0 Å². The molecule has 1 fully saturated rings. The van der Waals surface area contributed by atoms with Gasteiger partial charge in [0.1, 0.15) is 11.6 Å². The van der Waals surface area contributed by atoms with Crippen LogP contribution in [0.3, 0.4) is 0 Å². The predicted octanol–water partition coefficient (Wildman–Crippen LogP) is 0.743. The first-order chi connectivity index (χ1) is 6.84. The first-order valence-corrected chi connectivity index (χ1v) is 5.15. The summed E-state index contributed by atoms with van der Waals surface area (Å²) >= 11 is 0. The van der Waals surface area contributed by atoms with Crippen molar-refractivity contribution in [3.63, 3.8) is 0 Å². The number of nitrogen functional groups attached to an aromatic ring is 1. The van der Waals surface area contributed by atoms with Crippen molar-refractivity contribution in [1.82, 2.24) is 15.3 Å². The van der Waals surface area contributed by atoms with Crippen LogP contribution in [0.15, 0.2) is 12.3 Å². The minimum atomic E-state index is 0.533. The Morgan fingerprint density at radius 1 is 1.50 bits per heavy atom. The molecule has 0 bridgehead atoms. The smallest absolute Gasteiger partial charge is 0.132 e. The van der Waals surface area contributed by atoms with Gasteiger partial charge in [0.05, 0.1) is 0 Å². The number of anilines is 1. The highest BCUT2D eigenvalue weighted by atomic mass is 15.0. The molecule has 14 heavy (non-hydrogen) atoms. The maximum absolute atomic E-state index is 5.59. The number of piperidine rings is 1. The summed E-state index contributed by atoms with van der Waals surface area (Å²) in [6, 6.07) is 2.25. The second-order valence-electron chi connectivity index (χ2n) is 3.75. The maximum Gasteiger partial charge on any atom is 0.132 e. The van der Waals surface area contributed by atoms with Gasteiger partial charge in [-0.3, -0.25) is 0 Å². The topological polar surface area (TPSA) is 63.8 Å². The number of hydrogen-bond acceptors (Lipinski definition) is 4. The highest BCUT2D eigenvalue weighted by molar-refractivity contribution is 5.25. The van der Waals surface area contributed by atoms with Crippen LogP contribution in [0.1, 0.15) is 25.1 Å². The van der Waals surface area contributed by atoms with E-state index in [1.165, 1.54) is 19.3 Å². The Morgan fingerprint density at radius 2 is 2.43 bits per heavy atom. The summed E-state index contributed by atoms with van der Waals surface area (Å²) in [6.45, 7) is 1.12. The van der Waals surface area contributed by atoms with Gasteiger partial charge in [-0.25, -0.2) is 9.97 Å². The summed E-state index contributed by atoms with van der Waals surface area (Å²) in [6.07, 6.45) is 6.43. The molecule has 0 saturated carbocycles. The van der Waals surface area contributed by atoms with Crippen LogP contribution in [0.4, 0.5) is 5.82 Å².